The van der Waals surface area contributed by atoms with Gasteiger partial charge in [0.15, 0.2) is 17.2 Å². The van der Waals surface area contributed by atoms with Crippen molar-refractivity contribution in [1.82, 2.24) is 29.3 Å². The van der Waals surface area contributed by atoms with Crippen LogP contribution in [0.2, 0.25) is 0 Å². The van der Waals surface area contributed by atoms with Crippen LogP contribution in [0.25, 0.3) is 11.2 Å². The molecule has 0 radical (unpaired) electrons. The molecular weight excluding hydrogens is 484 g/mol. The van der Waals surface area contributed by atoms with Crippen LogP contribution in [0.15, 0.2) is 30.6 Å². The van der Waals surface area contributed by atoms with Crippen LogP contribution in [-0.4, -0.2) is 48.3 Å². The highest BCUT2D eigenvalue weighted by Crippen LogP contribution is 2.35. The van der Waals surface area contributed by atoms with Crippen LogP contribution in [0.1, 0.15) is 43.3 Å². The molecule has 1 fully saturated rings. The van der Waals surface area contributed by atoms with E-state index in [1.807, 2.05) is 6.92 Å². The molecule has 1 aliphatic rings. The normalized spacial score (nSPS) is 15.9. The number of imidazole rings is 1. The zero-order valence-electron chi connectivity index (χ0n) is 21.0. The smallest absolute Gasteiger partial charge is 0.286 e. The number of carbonyl (C=O) groups excluding carboxylic acids is 1. The third-order valence-electron chi connectivity index (χ3n) is 6.23. The highest BCUT2D eigenvalue weighted by Gasteiger charge is 2.34. The maximum absolute atomic E-state index is 14.3. The van der Waals surface area contributed by atoms with Crippen molar-refractivity contribution in [2.24, 2.45) is 7.05 Å². The third kappa shape index (κ3) is 5.01. The number of hydrogen-bond acceptors (Lipinski definition) is 8. The Labute approximate surface area is 211 Å². The van der Waals surface area contributed by atoms with Crippen molar-refractivity contribution in [3.05, 3.63) is 47.5 Å². The number of ketones is 1. The van der Waals surface area contributed by atoms with Crippen molar-refractivity contribution in [3.8, 4) is 11.5 Å². The molecule has 0 bridgehead atoms. The molecule has 1 aliphatic heterocycles. The summed E-state index contributed by atoms with van der Waals surface area (Å²) in [5, 5.41) is 7.47. The lowest BCUT2D eigenvalue weighted by Gasteiger charge is -2.16. The number of nitrogens with one attached hydrogen (secondary N) is 1. The van der Waals surface area contributed by atoms with Gasteiger partial charge < -0.3 is 19.4 Å². The molecule has 5 rings (SSSR count). The second kappa shape index (κ2) is 9.51. The number of anilines is 2. The number of alkyl halides is 2. The zero-order chi connectivity index (χ0) is 26.3. The molecule has 0 aromatic carbocycles. The maximum Gasteiger partial charge on any atom is 0.286 e. The number of ether oxygens (including phenoxy) is 2. The van der Waals surface area contributed by atoms with E-state index in [2.05, 4.69) is 25.4 Å². The monoisotopic (exact) mass is 511 g/mol. The molecule has 10 nitrogen and oxygen atoms in total. The Morgan fingerprint density at radius 1 is 1.32 bits per heavy atom. The molecule has 5 heterocycles. The molecule has 1 atom stereocenters. The van der Waals surface area contributed by atoms with E-state index in [4.69, 9.17) is 9.47 Å². The molecular formula is C25H27F2N7O3. The molecule has 0 spiro atoms. The van der Waals surface area contributed by atoms with Gasteiger partial charge in [0.1, 0.15) is 17.2 Å². The molecule has 12 heteroatoms. The summed E-state index contributed by atoms with van der Waals surface area (Å²) < 4.78 is 43.2. The number of aryl methyl sites for hydroxylation is 2. The van der Waals surface area contributed by atoms with Gasteiger partial charge in [-0.05, 0) is 26.3 Å². The van der Waals surface area contributed by atoms with Gasteiger partial charge in [-0.2, -0.15) is 18.9 Å². The molecule has 0 amide bonds. The van der Waals surface area contributed by atoms with E-state index in [1.165, 1.54) is 17.7 Å². The Morgan fingerprint density at radius 2 is 2.14 bits per heavy atom. The van der Waals surface area contributed by atoms with Gasteiger partial charge in [0.25, 0.3) is 5.92 Å². The minimum atomic E-state index is -3.07. The van der Waals surface area contributed by atoms with Gasteiger partial charge in [-0.1, -0.05) is 0 Å². The summed E-state index contributed by atoms with van der Waals surface area (Å²) in [4.78, 5) is 24.6. The quantitative estimate of drug-likeness (QED) is 0.365. The Morgan fingerprint density at radius 3 is 2.84 bits per heavy atom. The summed E-state index contributed by atoms with van der Waals surface area (Å²) >= 11 is 0. The average Bonchev–Trinajstić information content (AvgIpc) is 3.55. The summed E-state index contributed by atoms with van der Waals surface area (Å²) in [7, 11) is 1.80. The number of fused-ring (bicyclic) bond motifs is 1. The van der Waals surface area contributed by atoms with Crippen molar-refractivity contribution < 1.29 is 23.0 Å². The molecule has 0 saturated carbocycles. The number of hydrogen-bond donors (Lipinski definition) is 1. The number of rotatable bonds is 8. The van der Waals surface area contributed by atoms with E-state index in [9.17, 15) is 13.6 Å². The molecule has 4 aromatic rings. The fourth-order valence-corrected chi connectivity index (χ4v) is 4.43. The van der Waals surface area contributed by atoms with Crippen LogP contribution in [0.4, 0.5) is 20.5 Å². The predicted molar refractivity (Wildman–Crippen MR) is 131 cm³/mol. The zero-order valence-corrected chi connectivity index (χ0v) is 21.0. The number of pyridine rings is 2. The van der Waals surface area contributed by atoms with Crippen LogP contribution < -0.4 is 10.1 Å². The van der Waals surface area contributed by atoms with E-state index in [-0.39, 0.29) is 29.8 Å². The first kappa shape index (κ1) is 24.8. The van der Waals surface area contributed by atoms with Gasteiger partial charge in [0.2, 0.25) is 5.95 Å². The van der Waals surface area contributed by atoms with Gasteiger partial charge in [-0.15, -0.1) is 0 Å². The number of nitrogens with zero attached hydrogens (tertiary/aromatic N) is 6. The molecule has 0 aliphatic carbocycles. The molecule has 1 saturated heterocycles. The van der Waals surface area contributed by atoms with E-state index < -0.39 is 5.92 Å². The first-order chi connectivity index (χ1) is 17.6. The third-order valence-corrected chi connectivity index (χ3v) is 6.23. The summed E-state index contributed by atoms with van der Waals surface area (Å²) in [6.45, 7) is 5.10. The summed E-state index contributed by atoms with van der Waals surface area (Å²) in [6.07, 6.45) is 4.01. The molecule has 4 aromatic heterocycles. The first-order valence-electron chi connectivity index (χ1n) is 11.9. The van der Waals surface area contributed by atoms with Crippen LogP contribution in [0, 0.1) is 6.92 Å². The summed E-state index contributed by atoms with van der Waals surface area (Å²) in [5.74, 6) is -1.36. The number of Topliss-reactive ketones (excluding diaryl/α,β-unsaturated/α-hetero) is 1. The molecule has 0 unspecified atom stereocenters. The fourth-order valence-electron chi connectivity index (χ4n) is 4.43. The second-order valence-corrected chi connectivity index (χ2v) is 9.27. The van der Waals surface area contributed by atoms with Crippen molar-refractivity contribution in [2.45, 2.75) is 45.6 Å². The second-order valence-electron chi connectivity index (χ2n) is 9.27. The van der Waals surface area contributed by atoms with Crippen LogP contribution in [0.3, 0.4) is 0 Å². The first-order valence-corrected chi connectivity index (χ1v) is 11.9. The lowest BCUT2D eigenvalue weighted by molar-refractivity contribution is -0.116. The molecule has 1 N–H and O–H groups in total. The lowest BCUT2D eigenvalue weighted by Crippen LogP contribution is -2.20. The van der Waals surface area contributed by atoms with E-state index in [0.717, 1.165) is 12.5 Å². The van der Waals surface area contributed by atoms with E-state index in [0.29, 0.717) is 53.9 Å². The van der Waals surface area contributed by atoms with Crippen LogP contribution in [-0.2, 0) is 28.9 Å². The minimum Gasteiger partial charge on any atom is -0.455 e. The minimum absolute atomic E-state index is 0.00927. The van der Waals surface area contributed by atoms with Gasteiger partial charge in [0.05, 0.1) is 30.1 Å². The van der Waals surface area contributed by atoms with E-state index >= 15 is 0 Å². The van der Waals surface area contributed by atoms with Crippen molar-refractivity contribution in [1.29, 1.82) is 0 Å². The average molecular weight is 512 g/mol. The number of halogens is 2. The topological polar surface area (TPSA) is 109 Å². The van der Waals surface area contributed by atoms with Crippen LogP contribution in [0.5, 0.6) is 11.5 Å². The predicted octanol–water partition coefficient (Wildman–Crippen LogP) is 4.61. The lowest BCUT2D eigenvalue weighted by atomic mass is 10.2. The van der Waals surface area contributed by atoms with Gasteiger partial charge in [-0.25, -0.2) is 4.98 Å². The fraction of sp³-hybridized carbons (Fsp3) is 0.400. The number of carbonyl (C=O) groups is 1. The van der Waals surface area contributed by atoms with Gasteiger partial charge >= 0.3 is 0 Å². The van der Waals surface area contributed by atoms with Gasteiger partial charge in [0, 0.05) is 50.9 Å². The summed E-state index contributed by atoms with van der Waals surface area (Å²) in [5.41, 5.74) is 2.39. The van der Waals surface area contributed by atoms with E-state index in [1.54, 1.807) is 36.1 Å². The Hall–Kier alpha value is -3.93. The number of aromatic nitrogens is 6. The Balaban J connectivity index is 1.44. The van der Waals surface area contributed by atoms with Gasteiger partial charge in [-0.3, -0.25) is 14.5 Å². The largest absolute Gasteiger partial charge is 0.455 e. The van der Waals surface area contributed by atoms with Crippen molar-refractivity contribution in [2.75, 3.05) is 18.5 Å². The van der Waals surface area contributed by atoms with Crippen LogP contribution >= 0.6 is 0 Å². The summed E-state index contributed by atoms with van der Waals surface area (Å²) in [6, 6.07) is 4.52. The molecule has 194 valence electrons. The van der Waals surface area contributed by atoms with Crippen molar-refractivity contribution >= 4 is 28.7 Å². The Bertz CT molecular complexity index is 1470. The van der Waals surface area contributed by atoms with Crippen molar-refractivity contribution in [3.63, 3.8) is 0 Å². The maximum atomic E-state index is 14.3. The molecule has 37 heavy (non-hydrogen) atoms. The highest BCUT2D eigenvalue weighted by molar-refractivity contribution is 5.81. The Kier molecular flexibility index (Phi) is 6.36. The SMILES string of the molecule is CC(=O)Cc1cc(Oc2cnc3nc(Nc4cc(C(C)(F)F)n([C@H]5CCOC5)n4)n(C)c3c2C)ccn1. The highest BCUT2D eigenvalue weighted by atomic mass is 19.3. The standard InChI is InChI=1S/C25H27F2N7O3/c1-14(35)9-16-10-18(5-7-28-16)37-19-12-29-23-22(15(19)2)33(4)24(31-23)30-21-11-20(25(3,26)27)34(32-21)17-6-8-36-13-17/h5,7,10-12,17H,6,8-9,13H2,1-4H3,(H,29,30,31,32)/t17-/m0/s1.